The van der Waals surface area contributed by atoms with Gasteiger partial charge < -0.3 is 9.55 Å². The van der Waals surface area contributed by atoms with Crippen LogP contribution in [0.25, 0.3) is 0 Å². The van der Waals surface area contributed by atoms with Gasteiger partial charge in [0.1, 0.15) is 18.0 Å². The first-order valence-electron chi connectivity index (χ1n) is 8.77. The second-order valence-electron chi connectivity index (χ2n) is 6.90. The van der Waals surface area contributed by atoms with E-state index in [1.165, 1.54) is 0 Å². The van der Waals surface area contributed by atoms with Gasteiger partial charge in [-0.2, -0.15) is 0 Å². The smallest absolute Gasteiger partial charge is 0.251 e. The van der Waals surface area contributed by atoms with Crippen LogP contribution in [0.1, 0.15) is 57.0 Å². The fourth-order valence-corrected chi connectivity index (χ4v) is 3.38. The molecule has 1 aliphatic rings. The Morgan fingerprint density at radius 2 is 2.25 bits per heavy atom. The van der Waals surface area contributed by atoms with Crippen molar-refractivity contribution >= 4 is 0 Å². The highest BCUT2D eigenvalue weighted by Crippen LogP contribution is 2.31. The van der Waals surface area contributed by atoms with Gasteiger partial charge in [-0.3, -0.25) is 9.69 Å². The number of aryl methyl sites for hydroxylation is 1. The van der Waals surface area contributed by atoms with E-state index >= 15 is 0 Å². The summed E-state index contributed by atoms with van der Waals surface area (Å²) in [6.07, 6.45) is 4.78. The standard InChI is InChI=1S/C17H26N6O/c1-4-13-8-16(24)20-15(19-13)10-22-7-5-6-14(22)17-21-18-11-23(17)9-12(2)3/h8,11-12,14H,4-7,9-10H2,1-3H3,(H,19,20,24)/t14-/m1/s1. The van der Waals surface area contributed by atoms with E-state index in [9.17, 15) is 4.79 Å². The van der Waals surface area contributed by atoms with Gasteiger partial charge in [-0.15, -0.1) is 10.2 Å². The van der Waals surface area contributed by atoms with Gasteiger partial charge >= 0.3 is 0 Å². The van der Waals surface area contributed by atoms with Crippen LogP contribution in [0.2, 0.25) is 0 Å². The van der Waals surface area contributed by atoms with Gasteiger partial charge in [-0.1, -0.05) is 20.8 Å². The second-order valence-corrected chi connectivity index (χ2v) is 6.90. The van der Waals surface area contributed by atoms with E-state index in [-0.39, 0.29) is 11.6 Å². The molecule has 0 aliphatic carbocycles. The molecule has 2 aromatic rings. The van der Waals surface area contributed by atoms with Crippen molar-refractivity contribution in [2.24, 2.45) is 5.92 Å². The van der Waals surface area contributed by atoms with Crippen molar-refractivity contribution in [2.45, 2.75) is 59.2 Å². The minimum absolute atomic E-state index is 0.0735. The summed E-state index contributed by atoms with van der Waals surface area (Å²) in [5.74, 6) is 2.31. The largest absolute Gasteiger partial charge is 0.316 e. The summed E-state index contributed by atoms with van der Waals surface area (Å²) in [6.45, 7) is 8.95. The first-order valence-corrected chi connectivity index (χ1v) is 8.77. The van der Waals surface area contributed by atoms with E-state index in [0.29, 0.717) is 12.5 Å². The number of aromatic amines is 1. The van der Waals surface area contributed by atoms with Crippen molar-refractivity contribution in [3.05, 3.63) is 40.1 Å². The molecule has 24 heavy (non-hydrogen) atoms. The maximum absolute atomic E-state index is 11.8. The lowest BCUT2D eigenvalue weighted by atomic mass is 10.2. The zero-order chi connectivity index (χ0) is 17.1. The molecule has 1 fully saturated rings. The zero-order valence-corrected chi connectivity index (χ0v) is 14.7. The molecule has 0 spiro atoms. The summed E-state index contributed by atoms with van der Waals surface area (Å²) in [4.78, 5) is 21.6. The van der Waals surface area contributed by atoms with Crippen LogP contribution in [-0.2, 0) is 19.5 Å². The molecular formula is C17H26N6O. The van der Waals surface area contributed by atoms with Gasteiger partial charge in [0, 0.05) is 18.3 Å². The summed E-state index contributed by atoms with van der Waals surface area (Å²) in [5, 5.41) is 8.49. The minimum Gasteiger partial charge on any atom is -0.316 e. The Morgan fingerprint density at radius 1 is 1.42 bits per heavy atom. The second kappa shape index (κ2) is 7.25. The number of hydrogen-bond acceptors (Lipinski definition) is 5. The van der Waals surface area contributed by atoms with Gasteiger partial charge in [-0.25, -0.2) is 4.98 Å². The van der Waals surface area contributed by atoms with Crippen LogP contribution < -0.4 is 5.56 Å². The van der Waals surface area contributed by atoms with Crippen molar-refractivity contribution in [1.29, 1.82) is 0 Å². The average molecular weight is 330 g/mol. The van der Waals surface area contributed by atoms with Crippen LogP contribution >= 0.6 is 0 Å². The highest BCUT2D eigenvalue weighted by atomic mass is 16.1. The molecule has 0 aromatic carbocycles. The van der Waals surface area contributed by atoms with Gasteiger partial charge in [0.05, 0.1) is 12.6 Å². The molecule has 0 amide bonds. The summed E-state index contributed by atoms with van der Waals surface area (Å²) >= 11 is 0. The number of nitrogens with zero attached hydrogens (tertiary/aromatic N) is 5. The molecule has 3 heterocycles. The van der Waals surface area contributed by atoms with Crippen LogP contribution in [0.15, 0.2) is 17.2 Å². The lowest BCUT2D eigenvalue weighted by Gasteiger charge is -2.24. The highest BCUT2D eigenvalue weighted by Gasteiger charge is 2.30. The van der Waals surface area contributed by atoms with E-state index in [1.54, 1.807) is 6.07 Å². The van der Waals surface area contributed by atoms with Crippen LogP contribution in [0.4, 0.5) is 0 Å². The van der Waals surface area contributed by atoms with Crippen molar-refractivity contribution < 1.29 is 0 Å². The Bertz CT molecular complexity index is 735. The minimum atomic E-state index is -0.0735. The molecule has 1 atom stereocenters. The number of aromatic nitrogens is 5. The highest BCUT2D eigenvalue weighted by molar-refractivity contribution is 5.05. The average Bonchev–Trinajstić information content (AvgIpc) is 3.15. The van der Waals surface area contributed by atoms with E-state index in [4.69, 9.17) is 0 Å². The van der Waals surface area contributed by atoms with Crippen molar-refractivity contribution in [3.8, 4) is 0 Å². The Balaban J connectivity index is 1.80. The molecule has 0 saturated carbocycles. The molecule has 3 rings (SSSR count). The Kier molecular flexibility index (Phi) is 5.08. The van der Waals surface area contributed by atoms with Gasteiger partial charge in [0.2, 0.25) is 0 Å². The summed E-state index contributed by atoms with van der Waals surface area (Å²) < 4.78 is 2.16. The number of hydrogen-bond donors (Lipinski definition) is 1. The lowest BCUT2D eigenvalue weighted by Crippen LogP contribution is -2.28. The molecule has 1 aliphatic heterocycles. The SMILES string of the molecule is CCc1cc(=O)[nH]c(CN2CCC[C@@H]2c2nncn2CC(C)C)n1. The zero-order valence-electron chi connectivity index (χ0n) is 14.7. The van der Waals surface area contributed by atoms with Crippen molar-refractivity contribution in [1.82, 2.24) is 29.6 Å². The maximum atomic E-state index is 11.8. The van der Waals surface area contributed by atoms with E-state index in [0.717, 1.165) is 49.7 Å². The fraction of sp³-hybridized carbons (Fsp3) is 0.647. The molecule has 2 aromatic heterocycles. The van der Waals surface area contributed by atoms with Crippen molar-refractivity contribution in [2.75, 3.05) is 6.54 Å². The monoisotopic (exact) mass is 330 g/mol. The molecular weight excluding hydrogens is 304 g/mol. The molecule has 130 valence electrons. The summed E-state index contributed by atoms with van der Waals surface area (Å²) in [7, 11) is 0. The first kappa shape index (κ1) is 16.8. The Morgan fingerprint density at radius 3 is 3.00 bits per heavy atom. The molecule has 0 unspecified atom stereocenters. The summed E-state index contributed by atoms with van der Waals surface area (Å²) in [5.41, 5.74) is 0.767. The number of likely N-dealkylation sites (tertiary alicyclic amines) is 1. The quantitative estimate of drug-likeness (QED) is 0.875. The third-order valence-corrected chi connectivity index (χ3v) is 4.43. The predicted octanol–water partition coefficient (Wildman–Crippen LogP) is 1.92. The third kappa shape index (κ3) is 3.72. The van der Waals surface area contributed by atoms with E-state index in [1.807, 2.05) is 13.3 Å². The van der Waals surface area contributed by atoms with Gasteiger partial charge in [0.15, 0.2) is 0 Å². The molecule has 7 nitrogen and oxygen atoms in total. The lowest BCUT2D eigenvalue weighted by molar-refractivity contribution is 0.227. The Hall–Kier alpha value is -2.02. The normalized spacial score (nSPS) is 18.6. The molecule has 0 bridgehead atoms. The van der Waals surface area contributed by atoms with Crippen LogP contribution in [0.5, 0.6) is 0 Å². The van der Waals surface area contributed by atoms with Crippen molar-refractivity contribution in [3.63, 3.8) is 0 Å². The maximum Gasteiger partial charge on any atom is 0.251 e. The molecule has 7 heteroatoms. The van der Waals surface area contributed by atoms with E-state index < -0.39 is 0 Å². The third-order valence-electron chi connectivity index (χ3n) is 4.43. The molecule has 1 saturated heterocycles. The number of H-pyrrole nitrogens is 1. The molecule has 0 radical (unpaired) electrons. The molecule has 1 N–H and O–H groups in total. The fourth-order valence-electron chi connectivity index (χ4n) is 3.38. The predicted molar refractivity (Wildman–Crippen MR) is 91.5 cm³/mol. The first-order chi connectivity index (χ1) is 11.6. The van der Waals surface area contributed by atoms with Crippen LogP contribution in [0, 0.1) is 5.92 Å². The van der Waals surface area contributed by atoms with Crippen LogP contribution in [-0.4, -0.2) is 36.2 Å². The van der Waals surface area contributed by atoms with E-state index in [2.05, 4.69) is 43.5 Å². The number of nitrogens with one attached hydrogen (secondary N) is 1. The van der Waals surface area contributed by atoms with Crippen LogP contribution in [0.3, 0.4) is 0 Å². The summed E-state index contributed by atoms with van der Waals surface area (Å²) in [6, 6.07) is 1.81. The number of rotatable bonds is 6. The Labute approximate surface area is 142 Å². The van der Waals surface area contributed by atoms with Gasteiger partial charge in [-0.05, 0) is 31.7 Å². The topological polar surface area (TPSA) is 79.7 Å². The van der Waals surface area contributed by atoms with Gasteiger partial charge in [0.25, 0.3) is 5.56 Å².